The smallest absolute Gasteiger partial charge is 0.260 e. The first-order chi connectivity index (χ1) is 11.3. The fraction of sp³-hybridized carbons (Fsp3) is 0.316. The molecule has 3 rings (SSSR count). The van der Waals surface area contributed by atoms with Gasteiger partial charge in [-0.2, -0.15) is 0 Å². The predicted molar refractivity (Wildman–Crippen MR) is 88.6 cm³/mol. The molecule has 1 fully saturated rings. The summed E-state index contributed by atoms with van der Waals surface area (Å²) in [5.74, 6) is 0.792. The SMILES string of the molecule is O=C(COc1ccccc1Cc1ccccc1)N1CCOCC1. The number of carbonyl (C=O) groups excluding carboxylic acids is 1. The third-order valence-corrected chi connectivity index (χ3v) is 3.92. The second-order valence-corrected chi connectivity index (χ2v) is 5.55. The van der Waals surface area contributed by atoms with Gasteiger partial charge in [-0.1, -0.05) is 48.5 Å². The minimum atomic E-state index is 0.0165. The average Bonchev–Trinajstić information content (AvgIpc) is 2.62. The molecule has 0 radical (unpaired) electrons. The van der Waals surface area contributed by atoms with Crippen LogP contribution >= 0.6 is 0 Å². The lowest BCUT2D eigenvalue weighted by atomic mass is 10.0. The molecule has 2 aromatic carbocycles. The molecule has 0 N–H and O–H groups in total. The summed E-state index contributed by atoms with van der Waals surface area (Å²) in [5.41, 5.74) is 2.32. The van der Waals surface area contributed by atoms with Crippen molar-refractivity contribution in [1.29, 1.82) is 0 Å². The summed E-state index contributed by atoms with van der Waals surface area (Å²) in [5, 5.41) is 0. The maximum atomic E-state index is 12.2. The van der Waals surface area contributed by atoms with Crippen molar-refractivity contribution in [2.45, 2.75) is 6.42 Å². The van der Waals surface area contributed by atoms with E-state index in [9.17, 15) is 4.79 Å². The van der Waals surface area contributed by atoms with Crippen LogP contribution in [0.2, 0.25) is 0 Å². The number of rotatable bonds is 5. The second kappa shape index (κ2) is 7.79. The van der Waals surface area contributed by atoms with Gasteiger partial charge in [-0.3, -0.25) is 4.79 Å². The van der Waals surface area contributed by atoms with Gasteiger partial charge in [0.2, 0.25) is 0 Å². The maximum Gasteiger partial charge on any atom is 0.260 e. The number of hydrogen-bond donors (Lipinski definition) is 0. The van der Waals surface area contributed by atoms with Crippen molar-refractivity contribution in [3.05, 3.63) is 65.7 Å². The van der Waals surface area contributed by atoms with Crippen LogP contribution in [-0.2, 0) is 16.0 Å². The topological polar surface area (TPSA) is 38.8 Å². The molecule has 1 aliphatic rings. The molecule has 0 saturated carbocycles. The summed E-state index contributed by atoms with van der Waals surface area (Å²) in [6.45, 7) is 2.58. The minimum absolute atomic E-state index is 0.0165. The van der Waals surface area contributed by atoms with Gasteiger partial charge in [-0.25, -0.2) is 0 Å². The third-order valence-electron chi connectivity index (χ3n) is 3.92. The Labute approximate surface area is 136 Å². The van der Waals surface area contributed by atoms with Crippen LogP contribution in [-0.4, -0.2) is 43.7 Å². The largest absolute Gasteiger partial charge is 0.483 e. The molecule has 0 atom stereocenters. The highest BCUT2D eigenvalue weighted by atomic mass is 16.5. The number of carbonyl (C=O) groups is 1. The Morgan fingerprint density at radius 2 is 1.70 bits per heavy atom. The lowest BCUT2D eigenvalue weighted by molar-refractivity contribution is -0.137. The number of nitrogens with zero attached hydrogens (tertiary/aromatic N) is 1. The van der Waals surface area contributed by atoms with E-state index in [0.29, 0.717) is 26.3 Å². The van der Waals surface area contributed by atoms with Gasteiger partial charge in [0.25, 0.3) is 5.91 Å². The molecule has 4 heteroatoms. The number of ether oxygens (including phenoxy) is 2. The molecule has 23 heavy (non-hydrogen) atoms. The molecular weight excluding hydrogens is 290 g/mol. The van der Waals surface area contributed by atoms with E-state index in [2.05, 4.69) is 12.1 Å². The summed E-state index contributed by atoms with van der Waals surface area (Å²) in [6, 6.07) is 18.1. The van der Waals surface area contributed by atoms with Crippen molar-refractivity contribution in [3.8, 4) is 5.75 Å². The summed E-state index contributed by atoms with van der Waals surface area (Å²) >= 11 is 0. The zero-order valence-electron chi connectivity index (χ0n) is 13.1. The van der Waals surface area contributed by atoms with Crippen molar-refractivity contribution in [1.82, 2.24) is 4.90 Å². The second-order valence-electron chi connectivity index (χ2n) is 5.55. The number of morpholine rings is 1. The van der Waals surface area contributed by atoms with Crippen LogP contribution in [0.15, 0.2) is 54.6 Å². The molecule has 120 valence electrons. The van der Waals surface area contributed by atoms with E-state index in [1.807, 2.05) is 42.5 Å². The van der Waals surface area contributed by atoms with E-state index in [-0.39, 0.29) is 12.5 Å². The summed E-state index contributed by atoms with van der Waals surface area (Å²) < 4.78 is 11.1. The molecule has 2 aromatic rings. The minimum Gasteiger partial charge on any atom is -0.483 e. The highest BCUT2D eigenvalue weighted by Gasteiger charge is 2.17. The number of benzene rings is 2. The van der Waals surface area contributed by atoms with E-state index >= 15 is 0 Å². The van der Waals surface area contributed by atoms with E-state index in [1.165, 1.54) is 5.56 Å². The van der Waals surface area contributed by atoms with Crippen molar-refractivity contribution >= 4 is 5.91 Å². The van der Waals surface area contributed by atoms with E-state index in [0.717, 1.165) is 17.7 Å². The highest BCUT2D eigenvalue weighted by molar-refractivity contribution is 5.77. The fourth-order valence-electron chi connectivity index (χ4n) is 2.65. The van der Waals surface area contributed by atoms with Crippen LogP contribution in [0, 0.1) is 0 Å². The Kier molecular flexibility index (Phi) is 5.27. The lowest BCUT2D eigenvalue weighted by Crippen LogP contribution is -2.43. The molecule has 0 bridgehead atoms. The normalized spacial score (nSPS) is 14.5. The molecule has 1 saturated heterocycles. The Morgan fingerprint density at radius 3 is 2.48 bits per heavy atom. The molecule has 4 nitrogen and oxygen atoms in total. The molecule has 1 heterocycles. The van der Waals surface area contributed by atoms with Gasteiger partial charge in [0.05, 0.1) is 13.2 Å². The Balaban J connectivity index is 1.62. The maximum absolute atomic E-state index is 12.2. The van der Waals surface area contributed by atoms with E-state index in [4.69, 9.17) is 9.47 Å². The summed E-state index contributed by atoms with van der Waals surface area (Å²) in [4.78, 5) is 14.0. The average molecular weight is 311 g/mol. The van der Waals surface area contributed by atoms with Gasteiger partial charge >= 0.3 is 0 Å². The standard InChI is InChI=1S/C19H21NO3/c21-19(20-10-12-22-13-11-20)15-23-18-9-5-4-8-17(18)14-16-6-2-1-3-7-16/h1-9H,10-15H2. The van der Waals surface area contributed by atoms with Crippen LogP contribution in [0.1, 0.15) is 11.1 Å². The fourth-order valence-corrected chi connectivity index (χ4v) is 2.65. The van der Waals surface area contributed by atoms with Gasteiger partial charge in [0.15, 0.2) is 6.61 Å². The first kappa shape index (κ1) is 15.6. The predicted octanol–water partition coefficient (Wildman–Crippen LogP) is 2.52. The monoisotopic (exact) mass is 311 g/mol. The number of amides is 1. The quantitative estimate of drug-likeness (QED) is 0.852. The van der Waals surface area contributed by atoms with Crippen molar-refractivity contribution in [2.75, 3.05) is 32.9 Å². The molecule has 1 amide bonds. The van der Waals surface area contributed by atoms with Gasteiger partial charge in [-0.15, -0.1) is 0 Å². The zero-order chi connectivity index (χ0) is 15.9. The molecule has 0 spiro atoms. The van der Waals surface area contributed by atoms with Crippen LogP contribution in [0.5, 0.6) is 5.75 Å². The van der Waals surface area contributed by atoms with Crippen LogP contribution in [0.25, 0.3) is 0 Å². The molecule has 0 unspecified atom stereocenters. The molecule has 0 aliphatic carbocycles. The lowest BCUT2D eigenvalue weighted by Gasteiger charge is -2.26. The van der Waals surface area contributed by atoms with Gasteiger partial charge in [0.1, 0.15) is 5.75 Å². The van der Waals surface area contributed by atoms with Crippen LogP contribution in [0.4, 0.5) is 0 Å². The first-order valence-electron chi connectivity index (χ1n) is 7.93. The Morgan fingerprint density at radius 1 is 1.00 bits per heavy atom. The molecule has 1 aliphatic heterocycles. The van der Waals surface area contributed by atoms with E-state index in [1.54, 1.807) is 4.90 Å². The van der Waals surface area contributed by atoms with Crippen LogP contribution in [0.3, 0.4) is 0 Å². The number of hydrogen-bond acceptors (Lipinski definition) is 3. The first-order valence-corrected chi connectivity index (χ1v) is 7.93. The molecular formula is C19H21NO3. The highest BCUT2D eigenvalue weighted by Crippen LogP contribution is 2.21. The van der Waals surface area contributed by atoms with Crippen molar-refractivity contribution in [2.24, 2.45) is 0 Å². The van der Waals surface area contributed by atoms with Crippen molar-refractivity contribution < 1.29 is 14.3 Å². The third kappa shape index (κ3) is 4.33. The van der Waals surface area contributed by atoms with Gasteiger partial charge in [-0.05, 0) is 17.2 Å². The Bertz CT molecular complexity index is 636. The van der Waals surface area contributed by atoms with Crippen LogP contribution < -0.4 is 4.74 Å². The van der Waals surface area contributed by atoms with Gasteiger partial charge < -0.3 is 14.4 Å². The zero-order valence-corrected chi connectivity index (χ0v) is 13.1. The Hall–Kier alpha value is -2.33. The molecule has 0 aromatic heterocycles. The van der Waals surface area contributed by atoms with Crippen molar-refractivity contribution in [3.63, 3.8) is 0 Å². The van der Waals surface area contributed by atoms with Gasteiger partial charge in [0, 0.05) is 19.5 Å². The number of para-hydroxylation sites is 1. The summed E-state index contributed by atoms with van der Waals surface area (Å²) in [7, 11) is 0. The summed E-state index contributed by atoms with van der Waals surface area (Å²) in [6.07, 6.45) is 0.794. The van der Waals surface area contributed by atoms with E-state index < -0.39 is 0 Å².